The lowest BCUT2D eigenvalue weighted by Gasteiger charge is -2.26. The van der Waals surface area contributed by atoms with Crippen LogP contribution >= 0.6 is 0 Å². The fraction of sp³-hybridized carbons (Fsp3) is 0.286. The first kappa shape index (κ1) is 20.2. The average molecular weight is 426 g/mol. The monoisotopic (exact) mass is 425 g/mol. The summed E-state index contributed by atoms with van der Waals surface area (Å²) in [7, 11) is -3.60. The van der Waals surface area contributed by atoms with E-state index in [1.807, 2.05) is 12.1 Å². The van der Waals surface area contributed by atoms with Gasteiger partial charge in [0.1, 0.15) is 12.7 Å². The third kappa shape index (κ3) is 4.12. The number of carbonyl (C=O) groups is 1. The number of amides is 1. The van der Waals surface area contributed by atoms with Crippen molar-refractivity contribution in [1.82, 2.24) is 19.1 Å². The van der Waals surface area contributed by atoms with Gasteiger partial charge in [-0.15, -0.1) is 0 Å². The molecule has 0 atom stereocenters. The lowest BCUT2D eigenvalue weighted by Crippen LogP contribution is -2.35. The third-order valence-electron chi connectivity index (χ3n) is 5.21. The fourth-order valence-corrected chi connectivity index (χ4v) is 5.04. The lowest BCUT2D eigenvalue weighted by atomic mass is 10.1. The quantitative estimate of drug-likeness (QED) is 0.678. The summed E-state index contributed by atoms with van der Waals surface area (Å²) in [5.41, 5.74) is 2.47. The number of piperidine rings is 1. The van der Waals surface area contributed by atoms with Crippen LogP contribution in [0.15, 0.2) is 60.0 Å². The van der Waals surface area contributed by atoms with E-state index in [2.05, 4.69) is 15.4 Å². The molecule has 0 spiro atoms. The minimum atomic E-state index is -3.60. The Kier molecular flexibility index (Phi) is 5.65. The van der Waals surface area contributed by atoms with Gasteiger partial charge in [0.15, 0.2) is 0 Å². The molecule has 0 unspecified atom stereocenters. The van der Waals surface area contributed by atoms with Gasteiger partial charge in [0, 0.05) is 24.3 Å². The van der Waals surface area contributed by atoms with Crippen molar-refractivity contribution < 1.29 is 13.2 Å². The number of nitrogens with one attached hydrogen (secondary N) is 1. The van der Waals surface area contributed by atoms with Crippen molar-refractivity contribution in [2.75, 3.05) is 18.4 Å². The second-order valence-corrected chi connectivity index (χ2v) is 9.22. The van der Waals surface area contributed by atoms with E-state index in [0.717, 1.165) is 24.9 Å². The van der Waals surface area contributed by atoms with Crippen LogP contribution in [-0.2, 0) is 10.0 Å². The minimum absolute atomic E-state index is 0.154. The van der Waals surface area contributed by atoms with Crippen molar-refractivity contribution in [3.05, 3.63) is 66.2 Å². The zero-order valence-corrected chi connectivity index (χ0v) is 17.5. The summed E-state index contributed by atoms with van der Waals surface area (Å²) in [6.45, 7) is 2.84. The first-order valence-corrected chi connectivity index (χ1v) is 11.3. The zero-order chi connectivity index (χ0) is 21.1. The second-order valence-electron chi connectivity index (χ2n) is 7.28. The Balaban J connectivity index is 1.54. The molecule has 0 bridgehead atoms. The number of carbonyl (C=O) groups excluding carboxylic acids is 1. The van der Waals surface area contributed by atoms with Crippen molar-refractivity contribution in [3.63, 3.8) is 0 Å². The first-order valence-electron chi connectivity index (χ1n) is 9.82. The Hall–Kier alpha value is -3.04. The second kappa shape index (κ2) is 8.37. The molecule has 4 rings (SSSR count). The zero-order valence-electron chi connectivity index (χ0n) is 16.7. The summed E-state index contributed by atoms with van der Waals surface area (Å²) in [6, 6.07) is 11.9. The van der Waals surface area contributed by atoms with Crippen LogP contribution in [0.5, 0.6) is 0 Å². The smallest absolute Gasteiger partial charge is 0.255 e. The van der Waals surface area contributed by atoms with Crippen molar-refractivity contribution >= 4 is 21.6 Å². The Morgan fingerprint density at radius 3 is 2.43 bits per heavy atom. The molecule has 9 heteroatoms. The van der Waals surface area contributed by atoms with E-state index < -0.39 is 10.0 Å². The summed E-state index contributed by atoms with van der Waals surface area (Å²) in [6.07, 6.45) is 5.81. The van der Waals surface area contributed by atoms with Crippen LogP contribution in [0.1, 0.15) is 35.2 Å². The summed E-state index contributed by atoms with van der Waals surface area (Å²) >= 11 is 0. The molecule has 1 aromatic heterocycles. The van der Waals surface area contributed by atoms with E-state index in [0.29, 0.717) is 29.9 Å². The highest BCUT2D eigenvalue weighted by Gasteiger charge is 2.27. The van der Waals surface area contributed by atoms with Gasteiger partial charge < -0.3 is 5.32 Å². The van der Waals surface area contributed by atoms with Crippen LogP contribution in [0.25, 0.3) is 5.69 Å². The van der Waals surface area contributed by atoms with Gasteiger partial charge in [-0.05, 0) is 61.7 Å². The molecule has 2 heterocycles. The lowest BCUT2D eigenvalue weighted by molar-refractivity contribution is 0.102. The van der Waals surface area contributed by atoms with Gasteiger partial charge >= 0.3 is 0 Å². The Bertz CT molecular complexity index is 1140. The first-order chi connectivity index (χ1) is 14.4. The third-order valence-corrected chi connectivity index (χ3v) is 7.11. The maximum absolute atomic E-state index is 13.0. The van der Waals surface area contributed by atoms with Gasteiger partial charge in [-0.2, -0.15) is 9.40 Å². The summed E-state index contributed by atoms with van der Waals surface area (Å²) in [4.78, 5) is 16.9. The highest BCUT2D eigenvalue weighted by Crippen LogP contribution is 2.23. The van der Waals surface area contributed by atoms with Crippen LogP contribution in [-0.4, -0.2) is 46.5 Å². The molecule has 3 aromatic rings. The summed E-state index contributed by atoms with van der Waals surface area (Å²) in [5, 5.41) is 6.90. The van der Waals surface area contributed by atoms with Crippen molar-refractivity contribution in [1.29, 1.82) is 0 Å². The number of hydrogen-bond acceptors (Lipinski definition) is 5. The molecule has 2 aromatic carbocycles. The van der Waals surface area contributed by atoms with Gasteiger partial charge in [0.05, 0.1) is 10.6 Å². The van der Waals surface area contributed by atoms with Gasteiger partial charge in [0.25, 0.3) is 5.91 Å². The van der Waals surface area contributed by atoms with Crippen LogP contribution in [0, 0.1) is 6.92 Å². The van der Waals surface area contributed by atoms with E-state index in [4.69, 9.17) is 0 Å². The molecule has 0 radical (unpaired) electrons. The normalized spacial score (nSPS) is 15.1. The Morgan fingerprint density at radius 1 is 1.03 bits per heavy atom. The van der Waals surface area contributed by atoms with Gasteiger partial charge in [-0.1, -0.05) is 12.5 Å². The molecule has 1 N–H and O–H groups in total. The van der Waals surface area contributed by atoms with Crippen LogP contribution in [0.4, 0.5) is 5.69 Å². The largest absolute Gasteiger partial charge is 0.322 e. The van der Waals surface area contributed by atoms with E-state index >= 15 is 0 Å². The van der Waals surface area contributed by atoms with Crippen LogP contribution < -0.4 is 5.32 Å². The molecule has 1 saturated heterocycles. The Labute approximate surface area is 175 Å². The predicted molar refractivity (Wildman–Crippen MR) is 113 cm³/mol. The molecule has 0 saturated carbocycles. The molecule has 1 amide bonds. The highest BCUT2D eigenvalue weighted by atomic mass is 32.2. The van der Waals surface area contributed by atoms with Crippen molar-refractivity contribution in [2.45, 2.75) is 31.1 Å². The molecule has 1 aliphatic heterocycles. The molecular weight excluding hydrogens is 402 g/mol. The number of hydrogen-bond donors (Lipinski definition) is 1. The van der Waals surface area contributed by atoms with Crippen molar-refractivity contribution in [2.24, 2.45) is 0 Å². The number of rotatable bonds is 5. The average Bonchev–Trinajstić information content (AvgIpc) is 3.30. The number of anilines is 1. The molecular formula is C21H23N5O3S. The van der Waals surface area contributed by atoms with Gasteiger partial charge in [-0.3, -0.25) is 4.79 Å². The van der Waals surface area contributed by atoms with Crippen molar-refractivity contribution in [3.8, 4) is 5.69 Å². The maximum Gasteiger partial charge on any atom is 0.255 e. The van der Waals surface area contributed by atoms with Gasteiger partial charge in [0.2, 0.25) is 10.0 Å². The molecule has 8 nitrogen and oxygen atoms in total. The topological polar surface area (TPSA) is 97.2 Å². The fourth-order valence-electron chi connectivity index (χ4n) is 3.50. The SMILES string of the molecule is Cc1ccc(S(=O)(=O)N2CCCCC2)cc1C(=O)Nc1ccc(-n2cncn2)cc1. The van der Waals surface area contributed by atoms with Gasteiger partial charge in [-0.25, -0.2) is 18.1 Å². The standard InChI is InChI=1S/C21H23N5O3S/c1-16-5-10-19(30(28,29)25-11-3-2-4-12-25)13-20(16)21(27)24-17-6-8-18(9-7-17)26-15-22-14-23-26/h5-10,13-15H,2-4,11-12H2,1H3,(H,24,27). The van der Waals surface area contributed by atoms with E-state index in [-0.39, 0.29) is 10.8 Å². The maximum atomic E-state index is 13.0. The molecule has 30 heavy (non-hydrogen) atoms. The van der Waals surface area contributed by atoms with E-state index in [1.54, 1.807) is 42.2 Å². The number of aryl methyl sites for hydroxylation is 1. The molecule has 0 aliphatic carbocycles. The number of benzene rings is 2. The summed E-state index contributed by atoms with van der Waals surface area (Å²) < 4.78 is 29.0. The summed E-state index contributed by atoms with van der Waals surface area (Å²) in [5.74, 6) is -0.350. The molecule has 1 fully saturated rings. The van der Waals surface area contributed by atoms with E-state index in [9.17, 15) is 13.2 Å². The molecule has 156 valence electrons. The van der Waals surface area contributed by atoms with E-state index in [1.165, 1.54) is 16.7 Å². The molecule has 1 aliphatic rings. The number of sulfonamides is 1. The Morgan fingerprint density at radius 2 is 1.77 bits per heavy atom. The highest BCUT2D eigenvalue weighted by molar-refractivity contribution is 7.89. The van der Waals surface area contributed by atoms with Crippen LogP contribution in [0.2, 0.25) is 0 Å². The number of aromatic nitrogens is 3. The van der Waals surface area contributed by atoms with Crippen LogP contribution in [0.3, 0.4) is 0 Å². The predicted octanol–water partition coefficient (Wildman–Crippen LogP) is 3.00. The number of nitrogens with zero attached hydrogens (tertiary/aromatic N) is 4. The minimum Gasteiger partial charge on any atom is -0.322 e.